The number of fused-ring (bicyclic) bond motifs is 3. The minimum Gasteiger partial charge on any atom is -0.432 e. The van der Waals surface area contributed by atoms with E-state index in [1.54, 1.807) is 11.9 Å². The molecule has 1 aliphatic heterocycles. The van der Waals surface area contributed by atoms with Crippen LogP contribution >= 0.6 is 23.5 Å². The van der Waals surface area contributed by atoms with E-state index >= 15 is 0 Å². The van der Waals surface area contributed by atoms with Crippen LogP contribution in [0, 0.1) is 0 Å². The first kappa shape index (κ1) is 19.7. The normalized spacial score (nSPS) is 16.8. The molecule has 1 N–H and O–H groups in total. The number of nitrogens with one attached hydrogen (secondary N) is 1. The van der Waals surface area contributed by atoms with Gasteiger partial charge in [-0.25, -0.2) is 9.97 Å². The zero-order valence-electron chi connectivity index (χ0n) is 16.5. The highest BCUT2D eigenvalue weighted by Gasteiger charge is 2.23. The molecule has 3 aromatic heterocycles. The standard InChI is InChI=1S/C19H24ClN5O2S/c1-11(24-28-19(2,3)4)12-9-13-14-15(27-17(13)21-10-12)16(23-18(20)22-14)25-5-7-26-8-6-25/h9-11,24H,5-8H2,1-4H3. The van der Waals surface area contributed by atoms with E-state index in [0.29, 0.717) is 35.8 Å². The number of rotatable bonds is 4. The molecule has 9 heteroatoms. The molecule has 3 aromatic rings. The van der Waals surface area contributed by atoms with Crippen molar-refractivity contribution < 1.29 is 9.15 Å². The van der Waals surface area contributed by atoms with Crippen molar-refractivity contribution in [3.05, 3.63) is 23.1 Å². The van der Waals surface area contributed by atoms with Gasteiger partial charge < -0.3 is 14.1 Å². The van der Waals surface area contributed by atoms with E-state index in [-0.39, 0.29) is 16.1 Å². The maximum atomic E-state index is 6.24. The molecule has 1 saturated heterocycles. The summed E-state index contributed by atoms with van der Waals surface area (Å²) in [5.41, 5.74) is 2.92. The van der Waals surface area contributed by atoms with Crippen LogP contribution in [0.25, 0.3) is 22.2 Å². The van der Waals surface area contributed by atoms with Gasteiger partial charge in [0.15, 0.2) is 11.4 Å². The molecule has 0 saturated carbocycles. The Morgan fingerprint density at radius 2 is 2.00 bits per heavy atom. The maximum Gasteiger partial charge on any atom is 0.229 e. The van der Waals surface area contributed by atoms with E-state index in [1.807, 2.05) is 6.20 Å². The molecular formula is C19H24ClN5O2S. The Balaban J connectivity index is 1.74. The molecule has 28 heavy (non-hydrogen) atoms. The first-order valence-electron chi connectivity index (χ1n) is 9.34. The second kappa shape index (κ2) is 7.67. The Kier molecular flexibility index (Phi) is 5.39. The molecule has 1 fully saturated rings. The van der Waals surface area contributed by atoms with Crippen molar-refractivity contribution in [1.82, 2.24) is 19.7 Å². The van der Waals surface area contributed by atoms with Gasteiger partial charge in [0, 0.05) is 30.1 Å². The van der Waals surface area contributed by atoms with E-state index in [4.69, 9.17) is 20.8 Å². The Morgan fingerprint density at radius 3 is 2.71 bits per heavy atom. The lowest BCUT2D eigenvalue weighted by atomic mass is 10.1. The minimum atomic E-state index is 0.127. The maximum absolute atomic E-state index is 6.24. The van der Waals surface area contributed by atoms with Crippen LogP contribution in [0.15, 0.2) is 16.7 Å². The highest BCUT2D eigenvalue weighted by atomic mass is 35.5. The molecule has 1 aliphatic rings. The Hall–Kier alpha value is -1.61. The molecule has 0 aromatic carbocycles. The van der Waals surface area contributed by atoms with Crippen LogP contribution in [0.3, 0.4) is 0 Å². The molecule has 0 amide bonds. The van der Waals surface area contributed by atoms with Crippen molar-refractivity contribution in [2.75, 3.05) is 31.2 Å². The molecule has 0 spiro atoms. The second-order valence-corrected chi connectivity index (χ2v) is 9.87. The number of hydrogen-bond donors (Lipinski definition) is 1. The average Bonchev–Trinajstić information content (AvgIpc) is 3.03. The molecule has 4 heterocycles. The van der Waals surface area contributed by atoms with Crippen molar-refractivity contribution in [3.8, 4) is 0 Å². The molecule has 0 bridgehead atoms. The van der Waals surface area contributed by atoms with Crippen LogP contribution < -0.4 is 9.62 Å². The lowest BCUT2D eigenvalue weighted by Crippen LogP contribution is -2.36. The van der Waals surface area contributed by atoms with Crippen LogP contribution in [0.2, 0.25) is 5.28 Å². The van der Waals surface area contributed by atoms with Crippen molar-refractivity contribution in [2.24, 2.45) is 0 Å². The first-order chi connectivity index (χ1) is 13.3. The summed E-state index contributed by atoms with van der Waals surface area (Å²) in [7, 11) is 0. The van der Waals surface area contributed by atoms with Crippen LogP contribution in [0.1, 0.15) is 39.3 Å². The zero-order valence-corrected chi connectivity index (χ0v) is 18.0. The summed E-state index contributed by atoms with van der Waals surface area (Å²) in [5, 5.41) is 1.05. The smallest absolute Gasteiger partial charge is 0.229 e. The summed E-state index contributed by atoms with van der Waals surface area (Å²) in [6, 6.07) is 2.20. The lowest BCUT2D eigenvalue weighted by Gasteiger charge is -2.27. The van der Waals surface area contributed by atoms with E-state index < -0.39 is 0 Å². The SMILES string of the molecule is CC(NSC(C)(C)C)c1cnc2oc3c(N4CCOCC4)nc(Cl)nc3c2c1. The van der Waals surface area contributed by atoms with E-state index in [9.17, 15) is 0 Å². The van der Waals surface area contributed by atoms with Gasteiger partial charge in [0.1, 0.15) is 5.52 Å². The molecule has 0 aliphatic carbocycles. The Morgan fingerprint density at radius 1 is 1.25 bits per heavy atom. The summed E-state index contributed by atoms with van der Waals surface area (Å²) in [4.78, 5) is 15.5. The quantitative estimate of drug-likeness (QED) is 0.492. The number of ether oxygens (including phenoxy) is 1. The van der Waals surface area contributed by atoms with E-state index in [1.165, 1.54) is 0 Å². The molecule has 4 rings (SSSR count). The van der Waals surface area contributed by atoms with Gasteiger partial charge in [-0.2, -0.15) is 4.98 Å². The van der Waals surface area contributed by atoms with Gasteiger partial charge in [-0.05, 0) is 50.9 Å². The predicted octanol–water partition coefficient (Wildman–Crippen LogP) is 4.36. The van der Waals surface area contributed by atoms with E-state index in [0.717, 1.165) is 24.0 Å². The number of morpholine rings is 1. The number of nitrogens with zero attached hydrogens (tertiary/aromatic N) is 4. The number of pyridine rings is 1. The highest BCUT2D eigenvalue weighted by Crippen LogP contribution is 2.34. The van der Waals surface area contributed by atoms with Gasteiger partial charge in [-0.15, -0.1) is 0 Å². The number of hydrogen-bond acceptors (Lipinski definition) is 8. The van der Waals surface area contributed by atoms with Crippen molar-refractivity contribution in [3.63, 3.8) is 0 Å². The Bertz CT molecular complexity index is 997. The van der Waals surface area contributed by atoms with Crippen molar-refractivity contribution >= 4 is 51.6 Å². The number of aromatic nitrogens is 3. The summed E-state index contributed by atoms with van der Waals surface area (Å²) >= 11 is 7.95. The summed E-state index contributed by atoms with van der Waals surface area (Å²) in [5.74, 6) is 0.701. The summed E-state index contributed by atoms with van der Waals surface area (Å²) < 4.78 is 15.1. The molecule has 1 atom stereocenters. The number of furan rings is 1. The van der Waals surface area contributed by atoms with Gasteiger partial charge in [0.2, 0.25) is 11.0 Å². The molecule has 150 valence electrons. The van der Waals surface area contributed by atoms with Crippen LogP contribution in [-0.4, -0.2) is 46.0 Å². The average molecular weight is 422 g/mol. The lowest BCUT2D eigenvalue weighted by molar-refractivity contribution is 0.122. The third-order valence-corrected chi connectivity index (χ3v) is 5.75. The first-order valence-corrected chi connectivity index (χ1v) is 10.5. The largest absolute Gasteiger partial charge is 0.432 e. The highest BCUT2D eigenvalue weighted by molar-refractivity contribution is 7.98. The van der Waals surface area contributed by atoms with Gasteiger partial charge >= 0.3 is 0 Å². The fraction of sp³-hybridized carbons (Fsp3) is 0.526. The van der Waals surface area contributed by atoms with Crippen LogP contribution in [0.4, 0.5) is 5.82 Å². The fourth-order valence-corrected chi connectivity index (χ4v) is 3.90. The zero-order chi connectivity index (χ0) is 19.9. The molecular weight excluding hydrogens is 398 g/mol. The van der Waals surface area contributed by atoms with Crippen molar-refractivity contribution in [1.29, 1.82) is 0 Å². The second-order valence-electron chi connectivity index (χ2n) is 7.87. The van der Waals surface area contributed by atoms with Crippen molar-refractivity contribution in [2.45, 2.75) is 38.5 Å². The summed E-state index contributed by atoms with van der Waals surface area (Å²) in [6.07, 6.45) is 1.84. The van der Waals surface area contributed by atoms with Gasteiger partial charge in [0.25, 0.3) is 0 Å². The monoisotopic (exact) mass is 421 g/mol. The minimum absolute atomic E-state index is 0.127. The van der Waals surface area contributed by atoms with E-state index in [2.05, 4.69) is 58.3 Å². The fourth-order valence-electron chi connectivity index (χ4n) is 3.06. The third kappa shape index (κ3) is 4.05. The molecule has 1 unspecified atom stereocenters. The topological polar surface area (TPSA) is 76.3 Å². The Labute approximate surface area is 173 Å². The number of anilines is 1. The number of halogens is 1. The molecule has 7 nitrogen and oxygen atoms in total. The van der Waals surface area contributed by atoms with Gasteiger partial charge in [0.05, 0.1) is 18.6 Å². The molecule has 0 radical (unpaired) electrons. The van der Waals surface area contributed by atoms with Crippen LogP contribution in [0.5, 0.6) is 0 Å². The van der Waals surface area contributed by atoms with Crippen LogP contribution in [-0.2, 0) is 4.74 Å². The van der Waals surface area contributed by atoms with Gasteiger partial charge in [-0.3, -0.25) is 4.72 Å². The predicted molar refractivity (Wildman–Crippen MR) is 114 cm³/mol. The van der Waals surface area contributed by atoms with Gasteiger partial charge in [-0.1, -0.05) is 11.9 Å². The summed E-state index contributed by atoms with van der Waals surface area (Å²) in [6.45, 7) is 11.4. The third-order valence-electron chi connectivity index (χ3n) is 4.50.